The van der Waals surface area contributed by atoms with Gasteiger partial charge in [-0.2, -0.15) is 0 Å². The molecule has 1 rings (SSSR count). The summed E-state index contributed by atoms with van der Waals surface area (Å²) in [5.41, 5.74) is 1.83. The summed E-state index contributed by atoms with van der Waals surface area (Å²) in [7, 11) is 0. The molecular weight excluding hydrogens is 200 g/mol. The zero-order valence-corrected chi connectivity index (χ0v) is 11.3. The van der Waals surface area contributed by atoms with Gasteiger partial charge in [0.05, 0.1) is 0 Å². The molecule has 0 aliphatic heterocycles. The molecule has 0 fully saturated rings. The topological polar surface area (TPSA) is 0 Å². The Labute approximate surface area is 99.7 Å². The lowest BCUT2D eigenvalue weighted by Crippen LogP contribution is -2.08. The number of benzene rings is 1. The third-order valence-corrected chi connectivity index (χ3v) is 1.58. The van der Waals surface area contributed by atoms with Crippen LogP contribution in [0.1, 0.15) is 40.2 Å². The fourth-order valence-electron chi connectivity index (χ4n) is 1.21. The zero-order chi connectivity index (χ0) is 11.9. The summed E-state index contributed by atoms with van der Waals surface area (Å²) < 4.78 is 0. The maximum atomic E-state index is 4.54. The van der Waals surface area contributed by atoms with Crippen molar-refractivity contribution < 1.29 is 0 Å². The summed E-state index contributed by atoms with van der Waals surface area (Å²) in [6.45, 7) is 10.6. The van der Waals surface area contributed by atoms with Crippen molar-refractivity contribution in [2.75, 3.05) is 0 Å². The molecule has 0 amide bonds. The van der Waals surface area contributed by atoms with Crippen molar-refractivity contribution in [3.05, 3.63) is 35.9 Å². The van der Waals surface area contributed by atoms with Crippen LogP contribution in [0.3, 0.4) is 0 Å². The Morgan fingerprint density at radius 3 is 1.80 bits per heavy atom. The summed E-state index contributed by atoms with van der Waals surface area (Å²) in [5, 5.41) is 0. The second-order valence-electron chi connectivity index (χ2n) is 5.13. The van der Waals surface area contributed by atoms with Crippen LogP contribution < -0.4 is 0 Å². The summed E-state index contributed by atoms with van der Waals surface area (Å²) >= 11 is 4.54. The number of hydrogen-bond donors (Lipinski definition) is 0. The Balaban J connectivity index is 0.000000423. The van der Waals surface area contributed by atoms with Crippen LogP contribution in [0.4, 0.5) is 0 Å². The molecule has 0 radical (unpaired) electrons. The first-order valence-electron chi connectivity index (χ1n) is 5.32. The van der Waals surface area contributed by atoms with Gasteiger partial charge in [-0.3, -0.25) is 0 Å². The van der Waals surface area contributed by atoms with Crippen molar-refractivity contribution in [3.8, 4) is 0 Å². The molecule has 0 atom stereocenters. The lowest BCUT2D eigenvalue weighted by atomic mass is 9.88. The molecule has 0 saturated carbocycles. The maximum absolute atomic E-state index is 4.54. The van der Waals surface area contributed by atoms with Crippen molar-refractivity contribution in [2.45, 2.75) is 41.0 Å². The van der Waals surface area contributed by atoms with Gasteiger partial charge >= 0.3 is 0 Å². The van der Waals surface area contributed by atoms with E-state index in [1.54, 1.807) is 0 Å². The van der Waals surface area contributed by atoms with Gasteiger partial charge in [0, 0.05) is 0 Å². The highest BCUT2D eigenvalue weighted by Gasteiger charge is 2.09. The average molecular weight is 222 g/mol. The van der Waals surface area contributed by atoms with E-state index in [0.717, 1.165) is 11.3 Å². The van der Waals surface area contributed by atoms with Crippen LogP contribution in [0.2, 0.25) is 0 Å². The Bertz CT molecular complexity index is 276. The van der Waals surface area contributed by atoms with E-state index in [4.69, 9.17) is 0 Å². The SMILES string of the molecule is CC(C)(C)Cc1ccccc1.CC(C)=S. The Hall–Kier alpha value is -0.690. The second-order valence-corrected chi connectivity index (χ2v) is 5.95. The van der Waals surface area contributed by atoms with Gasteiger partial charge in [0.1, 0.15) is 0 Å². The minimum atomic E-state index is 0.404. The van der Waals surface area contributed by atoms with E-state index in [9.17, 15) is 0 Å². The lowest BCUT2D eigenvalue weighted by molar-refractivity contribution is 0.411. The zero-order valence-electron chi connectivity index (χ0n) is 10.5. The molecule has 1 aromatic carbocycles. The van der Waals surface area contributed by atoms with Gasteiger partial charge in [0.15, 0.2) is 0 Å². The molecule has 0 aromatic heterocycles. The number of thiocarbonyl (C=S) groups is 1. The highest BCUT2D eigenvalue weighted by molar-refractivity contribution is 7.80. The van der Waals surface area contributed by atoms with Crippen molar-refractivity contribution in [3.63, 3.8) is 0 Å². The maximum Gasteiger partial charge on any atom is -0.0133 e. The van der Waals surface area contributed by atoms with Gasteiger partial charge in [-0.15, -0.1) is 0 Å². The quantitative estimate of drug-likeness (QED) is 0.622. The van der Waals surface area contributed by atoms with Gasteiger partial charge in [-0.05, 0) is 36.1 Å². The van der Waals surface area contributed by atoms with Gasteiger partial charge in [-0.25, -0.2) is 0 Å². The molecule has 1 aromatic rings. The van der Waals surface area contributed by atoms with Crippen molar-refractivity contribution >= 4 is 17.1 Å². The molecule has 0 spiro atoms. The average Bonchev–Trinajstić information content (AvgIpc) is 2.01. The fraction of sp³-hybridized carbons (Fsp3) is 0.500. The van der Waals surface area contributed by atoms with Gasteiger partial charge in [0.2, 0.25) is 0 Å². The molecule has 0 bridgehead atoms. The third kappa shape index (κ3) is 11.2. The second kappa shape index (κ2) is 6.73. The first kappa shape index (κ1) is 14.3. The monoisotopic (exact) mass is 222 g/mol. The standard InChI is InChI=1S/C11H16.C3H6S/c1-11(2,3)9-10-7-5-4-6-8-10;1-3(2)4/h4-8H,9H2,1-3H3;1-2H3. The molecule has 0 nitrogen and oxygen atoms in total. The van der Waals surface area contributed by atoms with E-state index in [0.29, 0.717) is 5.41 Å². The molecule has 0 unspecified atom stereocenters. The smallest absolute Gasteiger partial charge is 0.0133 e. The molecule has 0 aliphatic carbocycles. The van der Waals surface area contributed by atoms with E-state index < -0.39 is 0 Å². The molecule has 1 heteroatoms. The van der Waals surface area contributed by atoms with Crippen molar-refractivity contribution in [1.82, 2.24) is 0 Å². The van der Waals surface area contributed by atoms with Gasteiger partial charge in [-0.1, -0.05) is 63.3 Å². The minimum Gasteiger partial charge on any atom is -0.0903 e. The van der Waals surface area contributed by atoms with Crippen LogP contribution in [0, 0.1) is 5.41 Å². The molecule has 0 saturated heterocycles. The highest BCUT2D eigenvalue weighted by Crippen LogP contribution is 2.19. The Kier molecular flexibility index (Phi) is 6.42. The van der Waals surface area contributed by atoms with E-state index >= 15 is 0 Å². The van der Waals surface area contributed by atoms with Crippen LogP contribution >= 0.6 is 12.2 Å². The predicted octanol–water partition coefficient (Wildman–Crippen LogP) is 4.67. The van der Waals surface area contributed by atoms with Crippen LogP contribution in [0.25, 0.3) is 0 Å². The molecule has 84 valence electrons. The number of hydrogen-bond acceptors (Lipinski definition) is 1. The van der Waals surface area contributed by atoms with E-state index in [-0.39, 0.29) is 0 Å². The molecule has 0 N–H and O–H groups in total. The normalized spacial score (nSPS) is 10.2. The first-order valence-corrected chi connectivity index (χ1v) is 5.73. The largest absolute Gasteiger partial charge is 0.0903 e. The van der Waals surface area contributed by atoms with Crippen molar-refractivity contribution in [1.29, 1.82) is 0 Å². The Morgan fingerprint density at radius 1 is 1.07 bits per heavy atom. The molecular formula is C14H22S. The van der Waals surface area contributed by atoms with E-state index in [2.05, 4.69) is 63.3 Å². The fourth-order valence-corrected chi connectivity index (χ4v) is 1.21. The summed E-state index contributed by atoms with van der Waals surface area (Å²) in [6.07, 6.45) is 1.16. The molecule has 0 heterocycles. The molecule has 15 heavy (non-hydrogen) atoms. The highest BCUT2D eigenvalue weighted by atomic mass is 32.1. The first-order chi connectivity index (χ1) is 6.81. The van der Waals surface area contributed by atoms with Gasteiger partial charge in [0.25, 0.3) is 0 Å². The van der Waals surface area contributed by atoms with Crippen LogP contribution in [-0.4, -0.2) is 4.86 Å². The lowest BCUT2D eigenvalue weighted by Gasteiger charge is -2.17. The van der Waals surface area contributed by atoms with E-state index in [1.165, 1.54) is 5.56 Å². The molecule has 0 aliphatic rings. The van der Waals surface area contributed by atoms with Crippen molar-refractivity contribution in [2.24, 2.45) is 5.41 Å². The predicted molar refractivity (Wildman–Crippen MR) is 73.5 cm³/mol. The number of rotatable bonds is 1. The van der Waals surface area contributed by atoms with E-state index in [1.807, 2.05) is 13.8 Å². The minimum absolute atomic E-state index is 0.404. The third-order valence-electron chi connectivity index (χ3n) is 1.58. The summed E-state index contributed by atoms with van der Waals surface area (Å²) in [6, 6.07) is 10.6. The summed E-state index contributed by atoms with van der Waals surface area (Å²) in [4.78, 5) is 1.00. The van der Waals surface area contributed by atoms with Crippen LogP contribution in [0.5, 0.6) is 0 Å². The van der Waals surface area contributed by atoms with Crippen LogP contribution in [-0.2, 0) is 6.42 Å². The van der Waals surface area contributed by atoms with Crippen LogP contribution in [0.15, 0.2) is 30.3 Å². The Morgan fingerprint density at radius 2 is 1.47 bits per heavy atom. The van der Waals surface area contributed by atoms with Gasteiger partial charge < -0.3 is 0 Å². The summed E-state index contributed by atoms with van der Waals surface area (Å²) in [5.74, 6) is 0.